The van der Waals surface area contributed by atoms with E-state index in [4.69, 9.17) is 25.3 Å². The molecule has 0 nitrogen and oxygen atoms in total. The standard InChI is InChI=1S/2C5H12S.Pt/c2*1-4-5(2,3)6;/h2*6H,4H2,1-3H3;/q;;+2/p-2. The Morgan fingerprint density at radius 2 is 0.846 bits per heavy atom. The second kappa shape index (κ2) is 8.68. The van der Waals surface area contributed by atoms with Crippen LogP contribution < -0.4 is 0 Å². The van der Waals surface area contributed by atoms with Gasteiger partial charge in [-0.2, -0.15) is 9.49 Å². The summed E-state index contributed by atoms with van der Waals surface area (Å²) in [6.07, 6.45) is 2.17. The van der Waals surface area contributed by atoms with Crippen LogP contribution >= 0.6 is 0 Å². The molecule has 0 unspecified atom stereocenters. The average Bonchev–Trinajstić information content (AvgIpc) is 1.86. The molecule has 0 amide bonds. The fourth-order valence-electron chi connectivity index (χ4n) is 0. The molecule has 0 N–H and O–H groups in total. The van der Waals surface area contributed by atoms with Crippen molar-refractivity contribution in [2.45, 2.75) is 63.9 Å². The van der Waals surface area contributed by atoms with Gasteiger partial charge in [0.2, 0.25) is 0 Å². The minimum Gasteiger partial charge on any atom is -0.786 e. The van der Waals surface area contributed by atoms with E-state index in [1.54, 1.807) is 0 Å². The van der Waals surface area contributed by atoms with E-state index in [0.717, 1.165) is 12.8 Å². The summed E-state index contributed by atoms with van der Waals surface area (Å²) in [5.41, 5.74) is 0. The maximum atomic E-state index is 4.99. The van der Waals surface area contributed by atoms with Gasteiger partial charge in [0, 0.05) is 0 Å². The molecule has 0 aromatic rings. The van der Waals surface area contributed by atoms with E-state index < -0.39 is 0 Å². The van der Waals surface area contributed by atoms with Crippen molar-refractivity contribution in [3.63, 3.8) is 0 Å². The van der Waals surface area contributed by atoms with Crippen molar-refractivity contribution in [3.8, 4) is 0 Å². The van der Waals surface area contributed by atoms with Crippen molar-refractivity contribution in [1.82, 2.24) is 0 Å². The molecule has 84 valence electrons. The summed E-state index contributed by atoms with van der Waals surface area (Å²) in [7, 11) is 0. The first-order chi connectivity index (χ1) is 5.12. The summed E-state index contributed by atoms with van der Waals surface area (Å²) in [6, 6.07) is 0. The molecule has 0 atom stereocenters. The van der Waals surface area contributed by atoms with Gasteiger partial charge >= 0.3 is 21.1 Å². The molecule has 0 rings (SSSR count). The van der Waals surface area contributed by atoms with Crippen molar-refractivity contribution in [2.75, 3.05) is 0 Å². The van der Waals surface area contributed by atoms with Crippen LogP contribution in [0.5, 0.6) is 0 Å². The Balaban J connectivity index is -0.000000143. The van der Waals surface area contributed by atoms with Gasteiger partial charge in [-0.1, -0.05) is 54.4 Å². The topological polar surface area (TPSA) is 0 Å². The zero-order chi connectivity index (χ0) is 10.4. The Hall–Kier alpha value is 1.39. The first kappa shape index (κ1) is 19.9. The van der Waals surface area contributed by atoms with Gasteiger partial charge in [0.15, 0.2) is 0 Å². The van der Waals surface area contributed by atoms with Gasteiger partial charge in [0.1, 0.15) is 0 Å². The molecule has 0 spiro atoms. The minimum atomic E-state index is 0. The summed E-state index contributed by atoms with van der Waals surface area (Å²) >= 11 is 9.97. The van der Waals surface area contributed by atoms with Crippen LogP contribution in [0.25, 0.3) is 0 Å². The maximum absolute atomic E-state index is 4.99. The monoisotopic (exact) mass is 401 g/mol. The van der Waals surface area contributed by atoms with Crippen LogP contribution in [0.2, 0.25) is 0 Å². The molecular formula is C10H22PtS2. The predicted octanol–water partition coefficient (Wildman–Crippen LogP) is 3.44. The van der Waals surface area contributed by atoms with E-state index in [2.05, 4.69) is 41.5 Å². The van der Waals surface area contributed by atoms with Crippen molar-refractivity contribution >= 4 is 25.3 Å². The van der Waals surface area contributed by atoms with Crippen molar-refractivity contribution in [3.05, 3.63) is 0 Å². The fourth-order valence-corrected chi connectivity index (χ4v) is 0. The summed E-state index contributed by atoms with van der Waals surface area (Å²) < 4.78 is 0.250. The van der Waals surface area contributed by atoms with Crippen LogP contribution in [0.15, 0.2) is 0 Å². The number of rotatable bonds is 2. The Morgan fingerprint density at radius 3 is 0.846 bits per heavy atom. The molecule has 0 aliphatic rings. The van der Waals surface area contributed by atoms with Crippen molar-refractivity contribution in [2.24, 2.45) is 0 Å². The van der Waals surface area contributed by atoms with Crippen LogP contribution in [-0.2, 0) is 46.3 Å². The number of hydrogen-bond donors (Lipinski definition) is 0. The first-order valence-electron chi connectivity index (χ1n) is 4.53. The molecule has 0 aromatic heterocycles. The third-order valence-corrected chi connectivity index (χ3v) is 2.28. The largest absolute Gasteiger partial charge is 2.00 e. The molecule has 0 fully saturated rings. The third-order valence-electron chi connectivity index (χ3n) is 1.70. The van der Waals surface area contributed by atoms with Crippen LogP contribution in [0.3, 0.4) is 0 Å². The van der Waals surface area contributed by atoms with Gasteiger partial charge in [-0.15, -0.1) is 0 Å². The van der Waals surface area contributed by atoms with Gasteiger partial charge in [0.05, 0.1) is 0 Å². The molecule has 3 heteroatoms. The molecule has 0 saturated heterocycles. The second-order valence-corrected chi connectivity index (χ2v) is 6.44. The van der Waals surface area contributed by atoms with Gasteiger partial charge in [0.25, 0.3) is 0 Å². The van der Waals surface area contributed by atoms with E-state index in [-0.39, 0.29) is 30.6 Å². The van der Waals surface area contributed by atoms with Crippen LogP contribution in [-0.4, -0.2) is 9.49 Å². The predicted molar refractivity (Wildman–Crippen MR) is 63.5 cm³/mol. The van der Waals surface area contributed by atoms with E-state index in [1.165, 1.54) is 0 Å². The van der Waals surface area contributed by atoms with Crippen molar-refractivity contribution < 1.29 is 21.1 Å². The van der Waals surface area contributed by atoms with Gasteiger partial charge < -0.3 is 25.3 Å². The fraction of sp³-hybridized carbons (Fsp3) is 1.00. The molecule has 0 radical (unpaired) electrons. The second-order valence-electron chi connectivity index (χ2n) is 4.23. The van der Waals surface area contributed by atoms with Crippen LogP contribution in [0.4, 0.5) is 0 Å². The molecule has 0 aliphatic carbocycles. The van der Waals surface area contributed by atoms with Gasteiger partial charge in [-0.05, 0) is 0 Å². The Kier molecular flexibility index (Phi) is 13.3. The zero-order valence-corrected chi connectivity index (χ0v) is 13.5. The van der Waals surface area contributed by atoms with E-state index >= 15 is 0 Å². The Labute approximate surface area is 110 Å². The quantitative estimate of drug-likeness (QED) is 0.650. The van der Waals surface area contributed by atoms with Gasteiger partial charge in [-0.25, -0.2) is 0 Å². The molecule has 0 aliphatic heterocycles. The van der Waals surface area contributed by atoms with E-state index in [9.17, 15) is 0 Å². The molecule has 0 aromatic carbocycles. The molecule has 0 bridgehead atoms. The van der Waals surface area contributed by atoms with Gasteiger partial charge in [-0.3, -0.25) is 0 Å². The number of hydrogen-bond acceptors (Lipinski definition) is 2. The molecule has 13 heavy (non-hydrogen) atoms. The van der Waals surface area contributed by atoms with Crippen LogP contribution in [0.1, 0.15) is 54.4 Å². The molecular weight excluding hydrogens is 379 g/mol. The van der Waals surface area contributed by atoms with E-state index in [0.29, 0.717) is 0 Å². The average molecular weight is 401 g/mol. The normalized spacial score (nSPS) is 11.1. The van der Waals surface area contributed by atoms with Crippen molar-refractivity contribution in [1.29, 1.82) is 0 Å². The minimum absolute atomic E-state index is 0. The summed E-state index contributed by atoms with van der Waals surface area (Å²) in [4.78, 5) is 0. The Morgan fingerprint density at radius 1 is 0.769 bits per heavy atom. The first-order valence-corrected chi connectivity index (χ1v) is 5.35. The summed E-state index contributed by atoms with van der Waals surface area (Å²) in [6.45, 7) is 12.4. The molecule has 0 heterocycles. The Bertz CT molecular complexity index is 86.5. The smallest absolute Gasteiger partial charge is 0.786 e. The summed E-state index contributed by atoms with van der Waals surface area (Å²) in [5.74, 6) is 0. The van der Waals surface area contributed by atoms with E-state index in [1.807, 2.05) is 0 Å². The maximum Gasteiger partial charge on any atom is 2.00 e. The SMILES string of the molecule is CCC(C)(C)[S-].CCC(C)(C)[S-].[Pt+2]. The zero-order valence-electron chi connectivity index (χ0n) is 9.55. The van der Waals surface area contributed by atoms with Crippen LogP contribution in [0, 0.1) is 0 Å². The summed E-state index contributed by atoms with van der Waals surface area (Å²) in [5, 5.41) is 0. The molecule has 0 saturated carbocycles. The third kappa shape index (κ3) is 31.8.